The molecule has 0 fully saturated rings. The predicted molar refractivity (Wildman–Crippen MR) is 62.4 cm³/mol. The van der Waals surface area contributed by atoms with Gasteiger partial charge in [-0.1, -0.05) is 18.2 Å². The molecule has 98 valence electrons. The lowest BCUT2D eigenvalue weighted by Gasteiger charge is -2.00. The monoisotopic (exact) mass is 262 g/mol. The van der Waals surface area contributed by atoms with E-state index in [0.717, 1.165) is 0 Å². The van der Waals surface area contributed by atoms with Crippen molar-refractivity contribution in [2.75, 3.05) is 6.61 Å². The minimum atomic E-state index is -1.19. The number of carboxylic acid groups (broad SMARTS) is 1. The highest BCUT2D eigenvalue weighted by Crippen LogP contribution is 2.03. The fourth-order valence-electron chi connectivity index (χ4n) is 1.27. The van der Waals surface area contributed by atoms with E-state index in [4.69, 9.17) is 5.11 Å². The van der Waals surface area contributed by atoms with E-state index in [0.29, 0.717) is 5.69 Å². The number of carbonyl (C=O) groups excluding carboxylic acids is 1. The number of hydroxylamine groups is 1. The summed E-state index contributed by atoms with van der Waals surface area (Å²) in [5.74, 6) is -1.85. The number of hydrogen-bond donors (Lipinski definition) is 2. The molecule has 1 aromatic carbocycles. The number of carboxylic acids is 1. The molecule has 8 nitrogen and oxygen atoms in total. The zero-order valence-corrected chi connectivity index (χ0v) is 9.68. The predicted octanol–water partition coefficient (Wildman–Crippen LogP) is 0.0133. The van der Waals surface area contributed by atoms with E-state index in [1.54, 1.807) is 12.1 Å². The molecule has 8 heteroatoms. The topological polar surface area (TPSA) is 106 Å². The molecule has 2 rings (SSSR count). The number of nitrogens with one attached hydrogen (secondary N) is 1. The Morgan fingerprint density at radius 3 is 2.74 bits per heavy atom. The molecule has 0 bridgehead atoms. The highest BCUT2D eigenvalue weighted by molar-refractivity contribution is 5.91. The largest absolute Gasteiger partial charge is 0.479 e. The van der Waals surface area contributed by atoms with Gasteiger partial charge in [-0.15, -0.1) is 5.10 Å². The van der Waals surface area contributed by atoms with E-state index in [1.165, 1.54) is 11.0 Å². The fourth-order valence-corrected chi connectivity index (χ4v) is 1.27. The van der Waals surface area contributed by atoms with Crippen LogP contribution in [-0.2, 0) is 9.63 Å². The van der Waals surface area contributed by atoms with Crippen LogP contribution in [0.25, 0.3) is 5.69 Å². The molecule has 0 spiro atoms. The third kappa shape index (κ3) is 3.36. The lowest BCUT2D eigenvalue weighted by molar-refractivity contribution is -0.144. The van der Waals surface area contributed by atoms with Gasteiger partial charge in [0, 0.05) is 0 Å². The third-order valence-corrected chi connectivity index (χ3v) is 2.07. The van der Waals surface area contributed by atoms with Crippen molar-refractivity contribution in [1.29, 1.82) is 0 Å². The van der Waals surface area contributed by atoms with E-state index in [1.807, 2.05) is 23.7 Å². The van der Waals surface area contributed by atoms with Gasteiger partial charge in [0.25, 0.3) is 5.91 Å². The van der Waals surface area contributed by atoms with Crippen LogP contribution in [0.5, 0.6) is 0 Å². The van der Waals surface area contributed by atoms with Gasteiger partial charge < -0.3 is 5.11 Å². The van der Waals surface area contributed by atoms with E-state index in [2.05, 4.69) is 15.0 Å². The summed E-state index contributed by atoms with van der Waals surface area (Å²) < 4.78 is 0. The van der Waals surface area contributed by atoms with Crippen LogP contribution in [0.2, 0.25) is 0 Å². The second kappa shape index (κ2) is 5.74. The Morgan fingerprint density at radius 1 is 1.32 bits per heavy atom. The van der Waals surface area contributed by atoms with E-state index in [9.17, 15) is 9.59 Å². The molecular weight excluding hydrogens is 252 g/mol. The Labute approximate surface area is 107 Å². The third-order valence-electron chi connectivity index (χ3n) is 2.07. The van der Waals surface area contributed by atoms with Crippen molar-refractivity contribution in [3.63, 3.8) is 0 Å². The minimum absolute atomic E-state index is 0.0224. The highest BCUT2D eigenvalue weighted by atomic mass is 16.7. The summed E-state index contributed by atoms with van der Waals surface area (Å²) in [6, 6.07) is 9.04. The molecule has 1 heterocycles. The molecule has 0 aliphatic carbocycles. The Hall–Kier alpha value is -2.74. The first-order chi connectivity index (χ1) is 9.16. The minimum Gasteiger partial charge on any atom is -0.479 e. The maximum atomic E-state index is 11.5. The van der Waals surface area contributed by atoms with Crippen LogP contribution in [-0.4, -0.2) is 38.6 Å². The number of aromatic nitrogens is 3. The smallest absolute Gasteiger partial charge is 0.332 e. The molecular formula is C11H10N4O4. The second-order valence-electron chi connectivity index (χ2n) is 3.47. The van der Waals surface area contributed by atoms with E-state index < -0.39 is 18.5 Å². The van der Waals surface area contributed by atoms with Crippen LogP contribution in [0.1, 0.15) is 10.5 Å². The molecule has 0 unspecified atom stereocenters. The first-order valence-electron chi connectivity index (χ1n) is 5.28. The summed E-state index contributed by atoms with van der Waals surface area (Å²) in [4.78, 5) is 27.5. The van der Waals surface area contributed by atoms with Crippen molar-refractivity contribution in [2.45, 2.75) is 0 Å². The van der Waals surface area contributed by atoms with Gasteiger partial charge in [0.15, 0.2) is 12.3 Å². The van der Waals surface area contributed by atoms with Gasteiger partial charge >= 0.3 is 5.97 Å². The average Bonchev–Trinajstić information content (AvgIpc) is 2.89. The summed E-state index contributed by atoms with van der Waals surface area (Å²) >= 11 is 0. The standard InChI is InChI=1S/C11H10N4O4/c16-10(17)7-19-14-11(18)9-6-12-15(13-9)8-4-2-1-3-5-8/h1-6H,7H2,(H,14,18)(H,16,17). The van der Waals surface area contributed by atoms with Crippen LogP contribution < -0.4 is 5.48 Å². The van der Waals surface area contributed by atoms with Gasteiger partial charge in [0.2, 0.25) is 0 Å². The number of amides is 1. The number of para-hydroxylation sites is 1. The average molecular weight is 262 g/mol. The summed E-state index contributed by atoms with van der Waals surface area (Å²) in [6.07, 6.45) is 1.26. The van der Waals surface area contributed by atoms with E-state index >= 15 is 0 Å². The maximum Gasteiger partial charge on any atom is 0.332 e. The highest BCUT2D eigenvalue weighted by Gasteiger charge is 2.11. The molecule has 2 N–H and O–H groups in total. The molecule has 1 amide bonds. The zero-order chi connectivity index (χ0) is 13.7. The molecule has 0 radical (unpaired) electrons. The lowest BCUT2D eigenvalue weighted by Crippen LogP contribution is -2.27. The van der Waals surface area contributed by atoms with Crippen LogP contribution >= 0.6 is 0 Å². The van der Waals surface area contributed by atoms with Crippen LogP contribution in [0, 0.1) is 0 Å². The second-order valence-corrected chi connectivity index (χ2v) is 3.47. The maximum absolute atomic E-state index is 11.5. The number of rotatable bonds is 5. The Balaban J connectivity index is 2.01. The van der Waals surface area contributed by atoms with Gasteiger partial charge in [-0.05, 0) is 12.1 Å². The van der Waals surface area contributed by atoms with Crippen LogP contribution in [0.3, 0.4) is 0 Å². The number of aliphatic carboxylic acids is 1. The molecule has 0 saturated heterocycles. The van der Waals surface area contributed by atoms with Crippen molar-refractivity contribution >= 4 is 11.9 Å². The normalized spacial score (nSPS) is 10.1. The fraction of sp³-hybridized carbons (Fsp3) is 0.0909. The first-order valence-corrected chi connectivity index (χ1v) is 5.28. The Bertz CT molecular complexity index is 581. The van der Waals surface area contributed by atoms with Crippen molar-refractivity contribution in [3.8, 4) is 5.69 Å². The van der Waals surface area contributed by atoms with Gasteiger partial charge in [0.1, 0.15) is 0 Å². The quantitative estimate of drug-likeness (QED) is 0.735. The van der Waals surface area contributed by atoms with Crippen molar-refractivity contribution in [3.05, 3.63) is 42.2 Å². The van der Waals surface area contributed by atoms with Crippen molar-refractivity contribution in [2.24, 2.45) is 0 Å². The summed E-state index contributed by atoms with van der Waals surface area (Å²) in [7, 11) is 0. The molecule has 0 aliphatic rings. The molecule has 0 saturated carbocycles. The molecule has 0 aliphatic heterocycles. The van der Waals surface area contributed by atoms with Crippen molar-refractivity contribution in [1.82, 2.24) is 20.5 Å². The number of benzene rings is 1. The van der Waals surface area contributed by atoms with Gasteiger partial charge in [0.05, 0.1) is 11.9 Å². The van der Waals surface area contributed by atoms with E-state index in [-0.39, 0.29) is 5.69 Å². The number of nitrogens with zero attached hydrogens (tertiary/aromatic N) is 3. The Morgan fingerprint density at radius 2 is 2.05 bits per heavy atom. The number of carbonyl (C=O) groups is 2. The first kappa shape index (κ1) is 12.7. The summed E-state index contributed by atoms with van der Waals surface area (Å²) in [5.41, 5.74) is 2.68. The van der Waals surface area contributed by atoms with Gasteiger partial charge in [-0.3, -0.25) is 9.63 Å². The number of hydrogen-bond acceptors (Lipinski definition) is 5. The Kier molecular flexibility index (Phi) is 3.84. The SMILES string of the molecule is O=C(O)CONC(=O)c1cnn(-c2ccccc2)n1. The van der Waals surface area contributed by atoms with Crippen LogP contribution in [0.15, 0.2) is 36.5 Å². The zero-order valence-electron chi connectivity index (χ0n) is 9.68. The van der Waals surface area contributed by atoms with Gasteiger partial charge in [-0.25, -0.2) is 10.3 Å². The summed E-state index contributed by atoms with van der Waals surface area (Å²) in [5, 5.41) is 16.2. The molecule has 19 heavy (non-hydrogen) atoms. The lowest BCUT2D eigenvalue weighted by atomic mass is 10.3. The van der Waals surface area contributed by atoms with Crippen molar-refractivity contribution < 1.29 is 19.5 Å². The van der Waals surface area contributed by atoms with Gasteiger partial charge in [-0.2, -0.15) is 9.90 Å². The summed E-state index contributed by atoms with van der Waals surface area (Å²) in [6.45, 7) is -0.626. The molecule has 0 atom stereocenters. The van der Waals surface area contributed by atoms with Crippen LogP contribution in [0.4, 0.5) is 0 Å². The molecule has 2 aromatic rings. The molecule has 1 aromatic heterocycles.